The van der Waals surface area contributed by atoms with E-state index in [1.54, 1.807) is 18.2 Å². The molecule has 0 spiro atoms. The molecule has 0 saturated heterocycles. The lowest BCUT2D eigenvalue weighted by atomic mass is 10.1. The van der Waals surface area contributed by atoms with E-state index >= 15 is 0 Å². The number of hydrogen-bond acceptors (Lipinski definition) is 3. The topological polar surface area (TPSA) is 58.2 Å². The fourth-order valence-electron chi connectivity index (χ4n) is 2.13. The van der Waals surface area contributed by atoms with Crippen LogP contribution in [0.25, 0.3) is 0 Å². The summed E-state index contributed by atoms with van der Waals surface area (Å²) in [5.74, 6) is 0.457. The molecule has 1 aromatic rings. The summed E-state index contributed by atoms with van der Waals surface area (Å²) in [4.78, 5) is 0.355. The van der Waals surface area contributed by atoms with Crippen LogP contribution in [0.5, 0.6) is 0 Å². The van der Waals surface area contributed by atoms with Gasteiger partial charge in [-0.2, -0.15) is 0 Å². The number of nitrogens with one attached hydrogen (secondary N) is 2. The van der Waals surface area contributed by atoms with Crippen LogP contribution in [0.1, 0.15) is 38.8 Å². The van der Waals surface area contributed by atoms with Gasteiger partial charge in [-0.15, -0.1) is 0 Å². The largest absolute Gasteiger partial charge is 0.310 e. The van der Waals surface area contributed by atoms with Crippen LogP contribution in [-0.2, 0) is 10.0 Å². The van der Waals surface area contributed by atoms with Crippen molar-refractivity contribution in [2.45, 2.75) is 44.2 Å². The number of hydrogen-bond donors (Lipinski definition) is 2. The van der Waals surface area contributed by atoms with Crippen LogP contribution in [0.3, 0.4) is 0 Å². The maximum Gasteiger partial charge on any atom is 0.240 e. The zero-order valence-electron chi connectivity index (χ0n) is 11.7. The molecule has 3 atom stereocenters. The number of benzene rings is 1. The van der Waals surface area contributed by atoms with Crippen LogP contribution < -0.4 is 10.0 Å². The minimum Gasteiger partial charge on any atom is -0.310 e. The van der Waals surface area contributed by atoms with E-state index < -0.39 is 10.0 Å². The Balaban J connectivity index is 2.17. The second-order valence-corrected chi connectivity index (χ2v) is 7.01. The maximum absolute atomic E-state index is 12.2. The fraction of sp³-hybridized carbons (Fsp3) is 0.571. The van der Waals surface area contributed by atoms with Crippen molar-refractivity contribution in [2.75, 3.05) is 6.54 Å². The SMILES string of the molecule is CCNC(C)c1cccc(S(=O)(=O)NC2CC2C)c1. The smallest absolute Gasteiger partial charge is 0.240 e. The van der Waals surface area contributed by atoms with E-state index in [1.165, 1.54) is 0 Å². The molecule has 1 aromatic carbocycles. The molecule has 4 nitrogen and oxygen atoms in total. The van der Waals surface area contributed by atoms with Crippen molar-refractivity contribution in [2.24, 2.45) is 5.92 Å². The van der Waals surface area contributed by atoms with Crippen LogP contribution in [0.2, 0.25) is 0 Å². The molecule has 19 heavy (non-hydrogen) atoms. The highest BCUT2D eigenvalue weighted by Crippen LogP contribution is 2.30. The van der Waals surface area contributed by atoms with Crippen molar-refractivity contribution in [1.29, 1.82) is 0 Å². The van der Waals surface area contributed by atoms with E-state index in [-0.39, 0.29) is 12.1 Å². The molecule has 1 fully saturated rings. The second kappa shape index (κ2) is 5.61. The van der Waals surface area contributed by atoms with E-state index in [1.807, 2.05) is 19.9 Å². The molecule has 1 saturated carbocycles. The van der Waals surface area contributed by atoms with Gasteiger partial charge in [-0.05, 0) is 43.5 Å². The summed E-state index contributed by atoms with van der Waals surface area (Å²) in [7, 11) is -3.38. The predicted octanol–water partition coefficient (Wildman–Crippen LogP) is 2.04. The lowest BCUT2D eigenvalue weighted by molar-refractivity contribution is 0.576. The first-order valence-corrected chi connectivity index (χ1v) is 8.28. The standard InChI is InChI=1S/C14H22N2O2S/c1-4-15-11(3)12-6-5-7-13(9-12)19(17,18)16-14-8-10(14)2/h5-7,9-11,14-16H,4,8H2,1-3H3. The van der Waals surface area contributed by atoms with E-state index in [0.29, 0.717) is 10.8 Å². The third-order valence-corrected chi connectivity index (χ3v) is 5.08. The Labute approximate surface area is 115 Å². The van der Waals surface area contributed by atoms with E-state index in [2.05, 4.69) is 17.0 Å². The Hall–Kier alpha value is -0.910. The van der Waals surface area contributed by atoms with Crippen molar-refractivity contribution in [1.82, 2.24) is 10.0 Å². The van der Waals surface area contributed by atoms with Gasteiger partial charge in [-0.1, -0.05) is 26.0 Å². The maximum atomic E-state index is 12.2. The summed E-state index contributed by atoms with van der Waals surface area (Å²) < 4.78 is 27.2. The first kappa shape index (κ1) is 14.5. The first-order valence-electron chi connectivity index (χ1n) is 6.79. The molecule has 2 rings (SSSR count). The van der Waals surface area contributed by atoms with Gasteiger partial charge in [0.05, 0.1) is 4.90 Å². The monoisotopic (exact) mass is 282 g/mol. The van der Waals surface area contributed by atoms with Gasteiger partial charge < -0.3 is 5.32 Å². The molecule has 0 radical (unpaired) electrons. The Kier molecular flexibility index (Phi) is 4.28. The average Bonchev–Trinajstić information content (AvgIpc) is 3.04. The van der Waals surface area contributed by atoms with Crippen molar-refractivity contribution in [3.05, 3.63) is 29.8 Å². The van der Waals surface area contributed by atoms with Crippen LogP contribution in [0.15, 0.2) is 29.2 Å². The third-order valence-electron chi connectivity index (χ3n) is 3.59. The minimum atomic E-state index is -3.38. The van der Waals surface area contributed by atoms with Gasteiger partial charge in [0.15, 0.2) is 0 Å². The van der Waals surface area contributed by atoms with Gasteiger partial charge >= 0.3 is 0 Å². The normalized spacial score (nSPS) is 24.2. The summed E-state index contributed by atoms with van der Waals surface area (Å²) in [6.45, 7) is 6.98. The molecule has 0 bridgehead atoms. The number of sulfonamides is 1. The fourth-order valence-corrected chi connectivity index (χ4v) is 3.54. The molecule has 0 aromatic heterocycles. The zero-order chi connectivity index (χ0) is 14.0. The Bertz CT molecular complexity index is 542. The van der Waals surface area contributed by atoms with E-state index in [0.717, 1.165) is 18.5 Å². The summed E-state index contributed by atoms with van der Waals surface area (Å²) in [5, 5.41) is 3.29. The average molecular weight is 282 g/mol. The van der Waals surface area contributed by atoms with E-state index in [4.69, 9.17) is 0 Å². The van der Waals surface area contributed by atoms with Gasteiger partial charge in [-0.25, -0.2) is 13.1 Å². The second-order valence-electron chi connectivity index (χ2n) is 5.29. The van der Waals surface area contributed by atoms with Gasteiger partial charge in [0, 0.05) is 12.1 Å². The lowest BCUT2D eigenvalue weighted by Crippen LogP contribution is -2.27. The number of rotatable bonds is 6. The lowest BCUT2D eigenvalue weighted by Gasteiger charge is -2.14. The molecule has 3 unspecified atom stereocenters. The molecule has 5 heteroatoms. The molecule has 1 aliphatic carbocycles. The van der Waals surface area contributed by atoms with Crippen molar-refractivity contribution in [3.63, 3.8) is 0 Å². The van der Waals surface area contributed by atoms with Crippen molar-refractivity contribution in [3.8, 4) is 0 Å². The Morgan fingerprint density at radius 3 is 2.68 bits per heavy atom. The first-order chi connectivity index (χ1) is 8.94. The Morgan fingerprint density at radius 1 is 1.42 bits per heavy atom. The molecular formula is C14H22N2O2S. The van der Waals surface area contributed by atoms with Gasteiger partial charge in [-0.3, -0.25) is 0 Å². The highest BCUT2D eigenvalue weighted by Gasteiger charge is 2.36. The summed E-state index contributed by atoms with van der Waals surface area (Å²) >= 11 is 0. The van der Waals surface area contributed by atoms with Crippen molar-refractivity contribution >= 4 is 10.0 Å². The molecule has 0 aliphatic heterocycles. The zero-order valence-corrected chi connectivity index (χ0v) is 12.5. The van der Waals surface area contributed by atoms with Gasteiger partial charge in [0.1, 0.15) is 0 Å². The van der Waals surface area contributed by atoms with Crippen LogP contribution in [0, 0.1) is 5.92 Å². The molecule has 0 heterocycles. The molecule has 1 aliphatic rings. The van der Waals surface area contributed by atoms with Crippen LogP contribution in [0.4, 0.5) is 0 Å². The quantitative estimate of drug-likeness (QED) is 0.839. The minimum absolute atomic E-state index is 0.111. The molecule has 106 valence electrons. The summed E-state index contributed by atoms with van der Waals surface area (Å²) in [5.41, 5.74) is 0.994. The van der Waals surface area contributed by atoms with Gasteiger partial charge in [0.2, 0.25) is 10.0 Å². The molecule has 2 N–H and O–H groups in total. The highest BCUT2D eigenvalue weighted by atomic mass is 32.2. The van der Waals surface area contributed by atoms with Crippen LogP contribution in [-0.4, -0.2) is 21.0 Å². The summed E-state index contributed by atoms with van der Waals surface area (Å²) in [6, 6.07) is 7.42. The van der Waals surface area contributed by atoms with Crippen LogP contribution >= 0.6 is 0 Å². The van der Waals surface area contributed by atoms with Gasteiger partial charge in [0.25, 0.3) is 0 Å². The van der Waals surface area contributed by atoms with Crippen molar-refractivity contribution < 1.29 is 8.42 Å². The van der Waals surface area contributed by atoms with E-state index in [9.17, 15) is 8.42 Å². The summed E-state index contributed by atoms with van der Waals surface area (Å²) in [6.07, 6.45) is 0.937. The third kappa shape index (κ3) is 3.55. The molecular weight excluding hydrogens is 260 g/mol. The molecule has 0 amide bonds. The predicted molar refractivity (Wildman–Crippen MR) is 76.4 cm³/mol. The highest BCUT2D eigenvalue weighted by molar-refractivity contribution is 7.89. The Morgan fingerprint density at radius 2 is 2.11 bits per heavy atom.